The van der Waals surface area contributed by atoms with Gasteiger partial charge in [-0.3, -0.25) is 0 Å². The lowest BCUT2D eigenvalue weighted by Gasteiger charge is -2.24. The molecule has 0 aliphatic heterocycles. The van der Waals surface area contributed by atoms with Gasteiger partial charge in [0.25, 0.3) is 0 Å². The highest BCUT2D eigenvalue weighted by molar-refractivity contribution is 5.09. The third kappa shape index (κ3) is 3.45. The lowest BCUT2D eigenvalue weighted by atomic mass is 9.82. The zero-order valence-electron chi connectivity index (χ0n) is 8.39. The fourth-order valence-corrected chi connectivity index (χ4v) is 1.95. The van der Waals surface area contributed by atoms with Crippen molar-refractivity contribution in [2.24, 2.45) is 11.8 Å². The van der Waals surface area contributed by atoms with Gasteiger partial charge in [-0.05, 0) is 31.1 Å². The van der Waals surface area contributed by atoms with E-state index in [1.807, 2.05) is 0 Å². The number of rotatable bonds is 3. The molecule has 0 aromatic carbocycles. The molecule has 1 atom stereocenters. The molecule has 0 spiro atoms. The van der Waals surface area contributed by atoms with Crippen LogP contribution in [0.1, 0.15) is 39.5 Å². The van der Waals surface area contributed by atoms with Crippen LogP contribution in [-0.4, -0.2) is 6.43 Å². The van der Waals surface area contributed by atoms with Crippen molar-refractivity contribution in [1.29, 1.82) is 0 Å². The van der Waals surface area contributed by atoms with Crippen LogP contribution in [-0.2, 0) is 0 Å². The molecule has 0 saturated carbocycles. The lowest BCUT2D eigenvalue weighted by Crippen LogP contribution is -2.13. The van der Waals surface area contributed by atoms with Gasteiger partial charge in [-0.2, -0.15) is 0 Å². The van der Waals surface area contributed by atoms with E-state index in [9.17, 15) is 8.78 Å². The second kappa shape index (κ2) is 4.73. The number of hydrogen-bond donors (Lipinski definition) is 0. The molecule has 0 aromatic heterocycles. The molecule has 1 aliphatic rings. The Hall–Kier alpha value is -0.400. The molecule has 0 amide bonds. The van der Waals surface area contributed by atoms with Gasteiger partial charge >= 0.3 is 0 Å². The van der Waals surface area contributed by atoms with Crippen LogP contribution >= 0.6 is 0 Å². The third-order valence-corrected chi connectivity index (χ3v) is 2.76. The van der Waals surface area contributed by atoms with E-state index in [4.69, 9.17) is 0 Å². The molecule has 1 rings (SSSR count). The number of alkyl halides is 2. The summed E-state index contributed by atoms with van der Waals surface area (Å²) < 4.78 is 24.3. The molecule has 0 nitrogen and oxygen atoms in total. The molecular formula is C11H18F2. The SMILES string of the molecule is CC(C)C1=CCCC(CC(F)F)C1. The summed E-state index contributed by atoms with van der Waals surface area (Å²) in [5.74, 6) is 0.753. The van der Waals surface area contributed by atoms with Crippen molar-refractivity contribution in [1.82, 2.24) is 0 Å². The molecule has 0 aromatic rings. The van der Waals surface area contributed by atoms with Crippen LogP contribution in [0, 0.1) is 11.8 Å². The van der Waals surface area contributed by atoms with Gasteiger partial charge in [0, 0.05) is 6.42 Å². The smallest absolute Gasteiger partial charge is 0.211 e. The van der Waals surface area contributed by atoms with Gasteiger partial charge in [-0.1, -0.05) is 25.5 Å². The van der Waals surface area contributed by atoms with Crippen LogP contribution < -0.4 is 0 Å². The van der Waals surface area contributed by atoms with Gasteiger partial charge in [-0.15, -0.1) is 0 Å². The molecule has 76 valence electrons. The minimum atomic E-state index is -2.13. The first kappa shape index (κ1) is 10.7. The van der Waals surface area contributed by atoms with Crippen LogP contribution in [0.2, 0.25) is 0 Å². The molecule has 0 saturated heterocycles. The normalized spacial score (nSPS) is 23.8. The van der Waals surface area contributed by atoms with Gasteiger partial charge in [0.2, 0.25) is 6.43 Å². The first-order valence-corrected chi connectivity index (χ1v) is 5.06. The minimum absolute atomic E-state index is 0.0874. The Morgan fingerprint density at radius 2 is 2.15 bits per heavy atom. The maximum Gasteiger partial charge on any atom is 0.238 e. The highest BCUT2D eigenvalue weighted by atomic mass is 19.3. The van der Waals surface area contributed by atoms with E-state index in [1.165, 1.54) is 5.57 Å². The average molecular weight is 188 g/mol. The number of allylic oxidation sites excluding steroid dienone is 2. The Labute approximate surface area is 79.0 Å². The Balaban J connectivity index is 2.43. The molecule has 0 N–H and O–H groups in total. The Bertz CT molecular complexity index is 183. The van der Waals surface area contributed by atoms with Crippen molar-refractivity contribution < 1.29 is 8.78 Å². The molecule has 13 heavy (non-hydrogen) atoms. The second-order valence-corrected chi connectivity index (χ2v) is 4.21. The van der Waals surface area contributed by atoms with E-state index in [1.54, 1.807) is 0 Å². The lowest BCUT2D eigenvalue weighted by molar-refractivity contribution is 0.110. The first-order chi connectivity index (χ1) is 6.09. The Kier molecular flexibility index (Phi) is 3.89. The predicted molar refractivity (Wildman–Crippen MR) is 50.9 cm³/mol. The van der Waals surface area contributed by atoms with E-state index in [0.717, 1.165) is 19.3 Å². The van der Waals surface area contributed by atoms with E-state index < -0.39 is 6.43 Å². The maximum absolute atomic E-state index is 12.1. The first-order valence-electron chi connectivity index (χ1n) is 5.06. The van der Waals surface area contributed by atoms with E-state index in [0.29, 0.717) is 5.92 Å². The van der Waals surface area contributed by atoms with Crippen molar-refractivity contribution in [2.45, 2.75) is 46.0 Å². The van der Waals surface area contributed by atoms with Crippen LogP contribution in [0.4, 0.5) is 8.78 Å². The van der Waals surface area contributed by atoms with Gasteiger partial charge in [-0.25, -0.2) is 8.78 Å². The predicted octanol–water partition coefficient (Wildman–Crippen LogP) is 4.02. The van der Waals surface area contributed by atoms with Crippen molar-refractivity contribution in [3.05, 3.63) is 11.6 Å². The van der Waals surface area contributed by atoms with Gasteiger partial charge < -0.3 is 0 Å². The van der Waals surface area contributed by atoms with E-state index >= 15 is 0 Å². The quantitative estimate of drug-likeness (QED) is 0.587. The number of hydrogen-bond acceptors (Lipinski definition) is 0. The van der Waals surface area contributed by atoms with Gasteiger partial charge in [0.15, 0.2) is 0 Å². The summed E-state index contributed by atoms with van der Waals surface area (Å²) in [6.07, 6.45) is 3.01. The minimum Gasteiger partial charge on any atom is -0.211 e. The van der Waals surface area contributed by atoms with Gasteiger partial charge in [0.1, 0.15) is 0 Å². The van der Waals surface area contributed by atoms with Crippen molar-refractivity contribution >= 4 is 0 Å². The van der Waals surface area contributed by atoms with Crippen molar-refractivity contribution in [2.75, 3.05) is 0 Å². The van der Waals surface area contributed by atoms with Crippen molar-refractivity contribution in [3.8, 4) is 0 Å². The molecule has 0 fully saturated rings. The highest BCUT2D eigenvalue weighted by Crippen LogP contribution is 2.31. The van der Waals surface area contributed by atoms with Crippen LogP contribution in [0.5, 0.6) is 0 Å². The monoisotopic (exact) mass is 188 g/mol. The molecule has 1 unspecified atom stereocenters. The summed E-state index contributed by atoms with van der Waals surface area (Å²) >= 11 is 0. The third-order valence-electron chi connectivity index (χ3n) is 2.76. The largest absolute Gasteiger partial charge is 0.238 e. The summed E-state index contributed by atoms with van der Waals surface area (Å²) in [5, 5.41) is 0. The zero-order valence-corrected chi connectivity index (χ0v) is 8.39. The molecule has 0 bridgehead atoms. The molecule has 0 heterocycles. The Morgan fingerprint density at radius 1 is 1.46 bits per heavy atom. The average Bonchev–Trinajstić information content (AvgIpc) is 2.03. The van der Waals surface area contributed by atoms with E-state index in [2.05, 4.69) is 19.9 Å². The second-order valence-electron chi connectivity index (χ2n) is 4.21. The standard InChI is InChI=1S/C11H18F2/c1-8(2)10-5-3-4-9(6-10)7-11(12)13/h5,8-9,11H,3-4,6-7H2,1-2H3. The van der Waals surface area contributed by atoms with Crippen LogP contribution in [0.3, 0.4) is 0 Å². The molecule has 0 radical (unpaired) electrons. The Morgan fingerprint density at radius 3 is 2.69 bits per heavy atom. The topological polar surface area (TPSA) is 0 Å². The molecule has 1 aliphatic carbocycles. The fraction of sp³-hybridized carbons (Fsp3) is 0.818. The maximum atomic E-state index is 12.1. The highest BCUT2D eigenvalue weighted by Gasteiger charge is 2.20. The molecular weight excluding hydrogens is 170 g/mol. The summed E-state index contributed by atoms with van der Waals surface area (Å²) in [4.78, 5) is 0. The van der Waals surface area contributed by atoms with E-state index in [-0.39, 0.29) is 12.3 Å². The summed E-state index contributed by atoms with van der Waals surface area (Å²) in [5.41, 5.74) is 1.37. The summed E-state index contributed by atoms with van der Waals surface area (Å²) in [7, 11) is 0. The molecule has 2 heteroatoms. The summed E-state index contributed by atoms with van der Waals surface area (Å²) in [6.45, 7) is 4.27. The fourth-order valence-electron chi connectivity index (χ4n) is 1.95. The zero-order chi connectivity index (χ0) is 9.84. The van der Waals surface area contributed by atoms with Gasteiger partial charge in [0.05, 0.1) is 0 Å². The van der Waals surface area contributed by atoms with Crippen LogP contribution in [0.15, 0.2) is 11.6 Å². The summed E-state index contributed by atoms with van der Waals surface area (Å²) in [6, 6.07) is 0. The van der Waals surface area contributed by atoms with Crippen molar-refractivity contribution in [3.63, 3.8) is 0 Å². The van der Waals surface area contributed by atoms with Crippen LogP contribution in [0.25, 0.3) is 0 Å². The number of halogens is 2.